The maximum Gasteiger partial charge on any atom is 0.232 e. The second kappa shape index (κ2) is 3.07. The highest BCUT2D eigenvalue weighted by atomic mass is 14.9. The van der Waals surface area contributed by atoms with Gasteiger partial charge in [-0.05, 0) is 12.1 Å². The van der Waals surface area contributed by atoms with E-state index >= 15 is 0 Å². The lowest BCUT2D eigenvalue weighted by Gasteiger charge is -1.94. The fourth-order valence-corrected chi connectivity index (χ4v) is 1.03. The first-order chi connectivity index (χ1) is 6.40. The maximum absolute atomic E-state index is 8.48. The van der Waals surface area contributed by atoms with Crippen LogP contribution in [0.3, 0.4) is 0 Å². The van der Waals surface area contributed by atoms with Crippen LogP contribution < -0.4 is 0 Å². The molecule has 0 spiro atoms. The zero-order valence-corrected chi connectivity index (χ0v) is 6.73. The molecule has 2 aromatic rings. The van der Waals surface area contributed by atoms with Gasteiger partial charge in [-0.25, -0.2) is 9.97 Å². The number of H-pyrrole nitrogens is 1. The Morgan fingerprint density at radius 1 is 1.31 bits per heavy atom. The minimum Gasteiger partial charge on any atom is -0.361 e. The van der Waals surface area contributed by atoms with Gasteiger partial charge in [0, 0.05) is 29.8 Å². The summed E-state index contributed by atoms with van der Waals surface area (Å²) in [5.41, 5.74) is 1.83. The SMILES string of the molecule is N#Cc1ncc(-c2ccc[nH]2)cn1. The summed E-state index contributed by atoms with van der Waals surface area (Å²) in [6.45, 7) is 0. The van der Waals surface area contributed by atoms with Gasteiger partial charge < -0.3 is 4.98 Å². The molecule has 0 saturated heterocycles. The summed E-state index contributed by atoms with van der Waals surface area (Å²) in [7, 11) is 0. The van der Waals surface area contributed by atoms with Gasteiger partial charge in [-0.1, -0.05) is 0 Å². The molecule has 0 amide bonds. The largest absolute Gasteiger partial charge is 0.361 e. The number of nitriles is 1. The summed E-state index contributed by atoms with van der Waals surface area (Å²) >= 11 is 0. The molecule has 13 heavy (non-hydrogen) atoms. The summed E-state index contributed by atoms with van der Waals surface area (Å²) in [5.74, 6) is 0.190. The molecular weight excluding hydrogens is 164 g/mol. The van der Waals surface area contributed by atoms with Gasteiger partial charge in [-0.15, -0.1) is 0 Å². The molecule has 0 atom stereocenters. The molecule has 0 saturated carbocycles. The molecule has 0 bridgehead atoms. The highest BCUT2D eigenvalue weighted by Gasteiger charge is 1.98. The van der Waals surface area contributed by atoms with Crippen molar-refractivity contribution in [3.8, 4) is 17.3 Å². The highest BCUT2D eigenvalue weighted by molar-refractivity contribution is 5.56. The first kappa shape index (κ1) is 7.50. The van der Waals surface area contributed by atoms with Gasteiger partial charge in [0.2, 0.25) is 5.82 Å². The van der Waals surface area contributed by atoms with Gasteiger partial charge in [-0.3, -0.25) is 0 Å². The molecule has 1 N–H and O–H groups in total. The van der Waals surface area contributed by atoms with Crippen LogP contribution in [0.2, 0.25) is 0 Å². The molecule has 0 radical (unpaired) electrons. The van der Waals surface area contributed by atoms with Crippen molar-refractivity contribution in [2.24, 2.45) is 0 Å². The number of aromatic amines is 1. The van der Waals surface area contributed by atoms with E-state index in [2.05, 4.69) is 15.0 Å². The van der Waals surface area contributed by atoms with Crippen molar-refractivity contribution in [2.45, 2.75) is 0 Å². The Bertz CT molecular complexity index is 422. The summed E-state index contributed by atoms with van der Waals surface area (Å²) < 4.78 is 0. The molecule has 4 nitrogen and oxygen atoms in total. The lowest BCUT2D eigenvalue weighted by molar-refractivity contribution is 1.11. The van der Waals surface area contributed by atoms with Gasteiger partial charge in [-0.2, -0.15) is 5.26 Å². The van der Waals surface area contributed by atoms with Gasteiger partial charge >= 0.3 is 0 Å². The summed E-state index contributed by atoms with van der Waals surface area (Å²) in [5, 5.41) is 8.48. The number of nitrogens with zero attached hydrogens (tertiary/aromatic N) is 3. The van der Waals surface area contributed by atoms with Gasteiger partial charge in [0.15, 0.2) is 0 Å². The minimum absolute atomic E-state index is 0.190. The summed E-state index contributed by atoms with van der Waals surface area (Å²) in [4.78, 5) is 10.7. The summed E-state index contributed by atoms with van der Waals surface area (Å²) in [6, 6.07) is 5.68. The van der Waals surface area contributed by atoms with E-state index in [0.29, 0.717) is 0 Å². The molecule has 0 fully saturated rings. The van der Waals surface area contributed by atoms with Crippen molar-refractivity contribution in [1.29, 1.82) is 5.26 Å². The molecule has 2 rings (SSSR count). The molecule has 0 aliphatic heterocycles. The Balaban J connectivity index is 2.40. The molecule has 0 aliphatic carbocycles. The molecule has 62 valence electrons. The standard InChI is InChI=1S/C9H6N4/c10-4-9-12-5-7(6-13-9)8-2-1-3-11-8/h1-3,5-6,11H. The van der Waals surface area contributed by atoms with Crippen LogP contribution in [-0.2, 0) is 0 Å². The van der Waals surface area contributed by atoms with Gasteiger partial charge in [0.1, 0.15) is 6.07 Å². The molecule has 0 aliphatic rings. The first-order valence-electron chi connectivity index (χ1n) is 3.76. The third kappa shape index (κ3) is 1.40. The quantitative estimate of drug-likeness (QED) is 0.702. The van der Waals surface area contributed by atoms with E-state index in [1.54, 1.807) is 12.4 Å². The number of hydrogen-bond acceptors (Lipinski definition) is 3. The van der Waals surface area contributed by atoms with Crippen LogP contribution in [0.5, 0.6) is 0 Å². The second-order valence-electron chi connectivity index (χ2n) is 2.49. The van der Waals surface area contributed by atoms with Crippen molar-refractivity contribution in [3.05, 3.63) is 36.5 Å². The topological polar surface area (TPSA) is 65.4 Å². The van der Waals surface area contributed by atoms with Crippen molar-refractivity contribution in [2.75, 3.05) is 0 Å². The Labute approximate surface area is 74.9 Å². The van der Waals surface area contributed by atoms with Gasteiger partial charge in [0.05, 0.1) is 0 Å². The van der Waals surface area contributed by atoms with Crippen LogP contribution in [0.15, 0.2) is 30.7 Å². The number of nitrogens with one attached hydrogen (secondary N) is 1. The second-order valence-corrected chi connectivity index (χ2v) is 2.49. The average Bonchev–Trinajstić information content (AvgIpc) is 2.71. The van der Waals surface area contributed by atoms with Crippen LogP contribution in [0.1, 0.15) is 5.82 Å². The van der Waals surface area contributed by atoms with E-state index in [1.165, 1.54) is 0 Å². The van der Waals surface area contributed by atoms with E-state index in [9.17, 15) is 0 Å². The predicted molar refractivity (Wildman–Crippen MR) is 46.5 cm³/mol. The van der Waals surface area contributed by atoms with Crippen LogP contribution in [-0.4, -0.2) is 15.0 Å². The molecule has 0 aromatic carbocycles. The Morgan fingerprint density at radius 3 is 2.62 bits per heavy atom. The van der Waals surface area contributed by atoms with E-state index in [1.807, 2.05) is 24.4 Å². The van der Waals surface area contributed by atoms with Crippen molar-refractivity contribution in [3.63, 3.8) is 0 Å². The third-order valence-corrected chi connectivity index (χ3v) is 1.66. The smallest absolute Gasteiger partial charge is 0.232 e. The number of rotatable bonds is 1. The van der Waals surface area contributed by atoms with Crippen LogP contribution >= 0.6 is 0 Å². The highest BCUT2D eigenvalue weighted by Crippen LogP contribution is 2.13. The van der Waals surface area contributed by atoms with Crippen molar-refractivity contribution >= 4 is 0 Å². The average molecular weight is 170 g/mol. The van der Waals surface area contributed by atoms with Gasteiger partial charge in [0.25, 0.3) is 0 Å². The summed E-state index contributed by atoms with van der Waals surface area (Å²) in [6.07, 6.45) is 5.07. The molecular formula is C9H6N4. The Morgan fingerprint density at radius 2 is 2.08 bits per heavy atom. The number of aromatic nitrogens is 3. The fraction of sp³-hybridized carbons (Fsp3) is 0. The molecule has 2 aromatic heterocycles. The minimum atomic E-state index is 0.190. The van der Waals surface area contributed by atoms with Crippen molar-refractivity contribution in [1.82, 2.24) is 15.0 Å². The molecule has 0 unspecified atom stereocenters. The Hall–Kier alpha value is -2.15. The normalized spacial score (nSPS) is 9.46. The van der Waals surface area contributed by atoms with E-state index in [4.69, 9.17) is 5.26 Å². The zero-order chi connectivity index (χ0) is 9.10. The van der Waals surface area contributed by atoms with E-state index in [-0.39, 0.29) is 5.82 Å². The monoisotopic (exact) mass is 170 g/mol. The van der Waals surface area contributed by atoms with Crippen LogP contribution in [0, 0.1) is 11.3 Å². The molecule has 4 heteroatoms. The van der Waals surface area contributed by atoms with Crippen LogP contribution in [0.25, 0.3) is 11.3 Å². The van der Waals surface area contributed by atoms with Crippen LogP contribution in [0.4, 0.5) is 0 Å². The fourth-order valence-electron chi connectivity index (χ4n) is 1.03. The number of hydrogen-bond donors (Lipinski definition) is 1. The first-order valence-corrected chi connectivity index (χ1v) is 3.76. The molecule has 2 heterocycles. The van der Waals surface area contributed by atoms with E-state index < -0.39 is 0 Å². The maximum atomic E-state index is 8.48. The zero-order valence-electron chi connectivity index (χ0n) is 6.73. The predicted octanol–water partition coefficient (Wildman–Crippen LogP) is 1.34. The lowest BCUT2D eigenvalue weighted by Crippen LogP contribution is -1.88. The van der Waals surface area contributed by atoms with Crippen molar-refractivity contribution < 1.29 is 0 Å². The van der Waals surface area contributed by atoms with E-state index in [0.717, 1.165) is 11.3 Å². The lowest BCUT2D eigenvalue weighted by atomic mass is 10.2. The third-order valence-electron chi connectivity index (χ3n) is 1.66. The Kier molecular flexibility index (Phi) is 1.77.